The van der Waals surface area contributed by atoms with Crippen molar-refractivity contribution in [3.63, 3.8) is 0 Å². The summed E-state index contributed by atoms with van der Waals surface area (Å²) in [5.74, 6) is 0.0464. The van der Waals surface area contributed by atoms with Crippen LogP contribution in [0.3, 0.4) is 0 Å². The monoisotopic (exact) mass is 257 g/mol. The van der Waals surface area contributed by atoms with Crippen molar-refractivity contribution < 1.29 is 4.79 Å². The second-order valence-corrected chi connectivity index (χ2v) is 4.84. The van der Waals surface area contributed by atoms with E-state index in [9.17, 15) is 4.79 Å². The van der Waals surface area contributed by atoms with Crippen LogP contribution in [0.15, 0.2) is 30.3 Å². The highest BCUT2D eigenvalue weighted by Crippen LogP contribution is 2.12. The Hall–Kier alpha value is -1.86. The summed E-state index contributed by atoms with van der Waals surface area (Å²) < 4.78 is 0. The Bertz CT molecular complexity index is 446. The van der Waals surface area contributed by atoms with Gasteiger partial charge in [-0.2, -0.15) is 5.26 Å². The summed E-state index contributed by atoms with van der Waals surface area (Å²) in [7, 11) is 0. The zero-order valence-electron chi connectivity index (χ0n) is 11.0. The van der Waals surface area contributed by atoms with Crippen LogP contribution in [0.5, 0.6) is 0 Å². The molecule has 0 bridgehead atoms. The molecule has 0 unspecified atom stereocenters. The van der Waals surface area contributed by atoms with Gasteiger partial charge in [0.15, 0.2) is 0 Å². The maximum atomic E-state index is 12.4. The lowest BCUT2D eigenvalue weighted by molar-refractivity contribution is -0.134. The third-order valence-electron chi connectivity index (χ3n) is 3.40. The van der Waals surface area contributed by atoms with E-state index in [-0.39, 0.29) is 18.5 Å². The number of nitriles is 1. The minimum atomic E-state index is -0.120. The van der Waals surface area contributed by atoms with Gasteiger partial charge in [0.05, 0.1) is 12.1 Å². The van der Waals surface area contributed by atoms with Gasteiger partial charge in [0, 0.05) is 6.54 Å². The van der Waals surface area contributed by atoms with Crippen LogP contribution < -0.4 is 5.32 Å². The number of hydrogen-bond acceptors (Lipinski definition) is 3. The van der Waals surface area contributed by atoms with Crippen LogP contribution in [0.2, 0.25) is 0 Å². The molecule has 1 atom stereocenters. The van der Waals surface area contributed by atoms with E-state index >= 15 is 0 Å². The lowest BCUT2D eigenvalue weighted by atomic mass is 10.0. The predicted octanol–water partition coefficient (Wildman–Crippen LogP) is 1.68. The van der Waals surface area contributed by atoms with Gasteiger partial charge in [-0.1, -0.05) is 36.8 Å². The molecular weight excluding hydrogens is 238 g/mol. The molecule has 0 aliphatic carbocycles. The molecule has 2 rings (SSSR count). The first-order valence-corrected chi connectivity index (χ1v) is 6.74. The number of carbonyl (C=O) groups is 1. The molecule has 1 aromatic carbocycles. The van der Waals surface area contributed by atoms with Crippen LogP contribution in [0, 0.1) is 11.3 Å². The van der Waals surface area contributed by atoms with Gasteiger partial charge in [-0.05, 0) is 24.9 Å². The Morgan fingerprint density at radius 3 is 2.79 bits per heavy atom. The molecule has 1 saturated heterocycles. The van der Waals surface area contributed by atoms with Gasteiger partial charge in [-0.15, -0.1) is 0 Å². The SMILES string of the molecule is N#CCN(Cc1ccccc1)C(=O)[C@@H]1CCCCN1. The van der Waals surface area contributed by atoms with Gasteiger partial charge in [-0.25, -0.2) is 0 Å². The Morgan fingerprint density at radius 2 is 2.16 bits per heavy atom. The van der Waals surface area contributed by atoms with Crippen LogP contribution >= 0.6 is 0 Å². The van der Waals surface area contributed by atoms with E-state index < -0.39 is 0 Å². The molecule has 1 heterocycles. The molecule has 0 spiro atoms. The predicted molar refractivity (Wildman–Crippen MR) is 73.1 cm³/mol. The molecule has 1 aliphatic heterocycles. The molecule has 4 heteroatoms. The highest BCUT2D eigenvalue weighted by atomic mass is 16.2. The number of hydrogen-bond donors (Lipinski definition) is 1. The largest absolute Gasteiger partial charge is 0.324 e. The summed E-state index contributed by atoms with van der Waals surface area (Å²) in [6.45, 7) is 1.54. The summed E-state index contributed by atoms with van der Waals surface area (Å²) in [5, 5.41) is 12.1. The molecule has 1 amide bonds. The standard InChI is InChI=1S/C15H19N3O/c16-9-11-18(12-13-6-2-1-3-7-13)15(19)14-8-4-5-10-17-14/h1-3,6-7,14,17H,4-5,8,10-12H2/t14-/m0/s1. The zero-order valence-corrected chi connectivity index (χ0v) is 11.0. The minimum absolute atomic E-state index is 0.0464. The summed E-state index contributed by atoms with van der Waals surface area (Å²) in [6, 6.07) is 11.8. The first kappa shape index (κ1) is 13.6. The van der Waals surface area contributed by atoms with Gasteiger partial charge in [-0.3, -0.25) is 4.79 Å². The second-order valence-electron chi connectivity index (χ2n) is 4.84. The molecule has 100 valence electrons. The molecule has 1 aromatic rings. The van der Waals surface area contributed by atoms with Crippen molar-refractivity contribution in [1.29, 1.82) is 5.26 Å². The average molecular weight is 257 g/mol. The Kier molecular flexibility index (Phi) is 4.93. The summed E-state index contributed by atoms with van der Waals surface area (Å²) in [5.41, 5.74) is 1.06. The van der Waals surface area contributed by atoms with Gasteiger partial charge in [0.2, 0.25) is 5.91 Å². The van der Waals surface area contributed by atoms with Crippen LogP contribution in [-0.2, 0) is 11.3 Å². The molecule has 19 heavy (non-hydrogen) atoms. The van der Waals surface area contributed by atoms with Crippen molar-refractivity contribution in [3.05, 3.63) is 35.9 Å². The van der Waals surface area contributed by atoms with Crippen molar-refractivity contribution >= 4 is 5.91 Å². The van der Waals surface area contributed by atoms with Crippen molar-refractivity contribution in [3.8, 4) is 6.07 Å². The van der Waals surface area contributed by atoms with E-state index in [4.69, 9.17) is 5.26 Å². The highest BCUT2D eigenvalue weighted by Gasteiger charge is 2.25. The smallest absolute Gasteiger partial charge is 0.240 e. The van der Waals surface area contributed by atoms with E-state index in [1.807, 2.05) is 30.3 Å². The first-order valence-electron chi connectivity index (χ1n) is 6.74. The maximum absolute atomic E-state index is 12.4. The first-order chi connectivity index (χ1) is 9.31. The molecule has 1 fully saturated rings. The number of amides is 1. The second kappa shape index (κ2) is 6.91. The number of nitrogens with one attached hydrogen (secondary N) is 1. The number of piperidine rings is 1. The maximum Gasteiger partial charge on any atom is 0.240 e. The lowest BCUT2D eigenvalue weighted by Gasteiger charge is -2.28. The third kappa shape index (κ3) is 3.80. The van der Waals surface area contributed by atoms with Gasteiger partial charge >= 0.3 is 0 Å². The lowest BCUT2D eigenvalue weighted by Crippen LogP contribution is -2.48. The fourth-order valence-corrected chi connectivity index (χ4v) is 2.38. The molecule has 0 aromatic heterocycles. The fraction of sp³-hybridized carbons (Fsp3) is 0.467. The molecule has 0 saturated carbocycles. The van der Waals surface area contributed by atoms with Gasteiger partial charge < -0.3 is 10.2 Å². The number of benzene rings is 1. The third-order valence-corrected chi connectivity index (χ3v) is 3.40. The minimum Gasteiger partial charge on any atom is -0.324 e. The van der Waals surface area contributed by atoms with Crippen LogP contribution in [0.25, 0.3) is 0 Å². The molecule has 0 radical (unpaired) electrons. The molecular formula is C15H19N3O. The van der Waals surface area contributed by atoms with Gasteiger partial charge in [0.1, 0.15) is 6.54 Å². The number of rotatable bonds is 4. The Morgan fingerprint density at radius 1 is 1.37 bits per heavy atom. The summed E-state index contributed by atoms with van der Waals surface area (Å²) in [4.78, 5) is 14.0. The van der Waals surface area contributed by atoms with E-state index in [1.165, 1.54) is 0 Å². The van der Waals surface area contributed by atoms with Crippen molar-refractivity contribution in [2.24, 2.45) is 0 Å². The van der Waals surface area contributed by atoms with E-state index in [1.54, 1.807) is 4.90 Å². The summed E-state index contributed by atoms with van der Waals surface area (Å²) >= 11 is 0. The van der Waals surface area contributed by atoms with Crippen molar-refractivity contribution in [1.82, 2.24) is 10.2 Å². The Labute approximate surface area is 114 Å². The van der Waals surface area contributed by atoms with Crippen molar-refractivity contribution in [2.75, 3.05) is 13.1 Å². The topological polar surface area (TPSA) is 56.1 Å². The van der Waals surface area contributed by atoms with E-state index in [0.29, 0.717) is 6.54 Å². The molecule has 4 nitrogen and oxygen atoms in total. The number of nitrogens with zero attached hydrogens (tertiary/aromatic N) is 2. The van der Waals surface area contributed by atoms with Crippen molar-refractivity contribution in [2.45, 2.75) is 31.8 Å². The normalized spacial score (nSPS) is 18.6. The summed E-state index contributed by atoms with van der Waals surface area (Å²) in [6.07, 6.45) is 3.07. The van der Waals surface area contributed by atoms with Gasteiger partial charge in [0.25, 0.3) is 0 Å². The van der Waals surface area contributed by atoms with E-state index in [2.05, 4.69) is 11.4 Å². The van der Waals surface area contributed by atoms with E-state index in [0.717, 1.165) is 31.4 Å². The van der Waals surface area contributed by atoms with Crippen LogP contribution in [-0.4, -0.2) is 29.9 Å². The molecule has 1 N–H and O–H groups in total. The Balaban J connectivity index is 2.02. The quantitative estimate of drug-likeness (QED) is 0.835. The number of carbonyl (C=O) groups excluding carboxylic acids is 1. The average Bonchev–Trinajstić information content (AvgIpc) is 2.48. The zero-order chi connectivity index (χ0) is 13.5. The highest BCUT2D eigenvalue weighted by molar-refractivity contribution is 5.82. The fourth-order valence-electron chi connectivity index (χ4n) is 2.38. The van der Waals surface area contributed by atoms with Crippen LogP contribution in [0.4, 0.5) is 0 Å². The molecule has 1 aliphatic rings. The van der Waals surface area contributed by atoms with Crippen LogP contribution in [0.1, 0.15) is 24.8 Å².